The lowest BCUT2D eigenvalue weighted by Crippen LogP contribution is -2.17. The Kier molecular flexibility index (Phi) is 4.43. The number of nitrogens with one attached hydrogen (secondary N) is 1. The number of benzene rings is 1. The highest BCUT2D eigenvalue weighted by atomic mass is 32.2. The number of hydrogen-bond donors (Lipinski definition) is 2. The molecule has 0 aliphatic rings. The number of nitrogens with zero attached hydrogens (tertiary/aromatic N) is 1. The topological polar surface area (TPSA) is 111 Å². The molecular formula is C14H15N3O4S. The lowest BCUT2D eigenvalue weighted by atomic mass is 10.2. The highest BCUT2D eigenvalue weighted by Gasteiger charge is 2.17. The standard InChI is InChI=1S/C14H15N3O4S/c1-9-5-6-16-13(7-9)17-14(18)11-8-10(22(15,19)20)3-4-12(11)21-2/h3-8H,1-2H3,(H2,15,19,20)(H,16,17,18). The molecule has 0 aliphatic carbocycles. The van der Waals surface area contributed by atoms with Crippen molar-refractivity contribution in [1.29, 1.82) is 0 Å². The van der Waals surface area contributed by atoms with Gasteiger partial charge >= 0.3 is 0 Å². The minimum atomic E-state index is -3.91. The minimum Gasteiger partial charge on any atom is -0.496 e. The zero-order valence-electron chi connectivity index (χ0n) is 12.0. The first-order valence-corrected chi connectivity index (χ1v) is 7.81. The van der Waals surface area contributed by atoms with Crippen LogP contribution in [0, 0.1) is 6.92 Å². The minimum absolute atomic E-state index is 0.0531. The first kappa shape index (κ1) is 15.9. The van der Waals surface area contributed by atoms with E-state index in [0.717, 1.165) is 5.56 Å². The summed E-state index contributed by atoms with van der Waals surface area (Å²) in [5, 5.41) is 7.66. The normalized spacial score (nSPS) is 11.0. The van der Waals surface area contributed by atoms with Crippen LogP contribution < -0.4 is 15.2 Å². The number of carbonyl (C=O) groups is 1. The molecule has 0 saturated heterocycles. The molecule has 7 nitrogen and oxygen atoms in total. The maximum atomic E-state index is 12.3. The Morgan fingerprint density at radius 1 is 1.27 bits per heavy atom. The number of rotatable bonds is 4. The lowest BCUT2D eigenvalue weighted by Gasteiger charge is -2.10. The third-order valence-electron chi connectivity index (χ3n) is 2.90. The molecule has 0 atom stereocenters. The van der Waals surface area contributed by atoms with Gasteiger partial charge in [0.2, 0.25) is 10.0 Å². The summed E-state index contributed by atoms with van der Waals surface area (Å²) in [6.45, 7) is 1.86. The van der Waals surface area contributed by atoms with E-state index in [1.807, 2.05) is 6.92 Å². The fraction of sp³-hybridized carbons (Fsp3) is 0.143. The van der Waals surface area contributed by atoms with Crippen molar-refractivity contribution in [2.45, 2.75) is 11.8 Å². The molecule has 22 heavy (non-hydrogen) atoms. The van der Waals surface area contributed by atoms with Gasteiger partial charge in [0.15, 0.2) is 0 Å². The Morgan fingerprint density at radius 2 is 2.00 bits per heavy atom. The Hall–Kier alpha value is -2.45. The summed E-state index contributed by atoms with van der Waals surface area (Å²) >= 11 is 0. The summed E-state index contributed by atoms with van der Waals surface area (Å²) in [5.41, 5.74) is 0.980. The number of hydrogen-bond acceptors (Lipinski definition) is 5. The van der Waals surface area contributed by atoms with Crippen molar-refractivity contribution in [3.05, 3.63) is 47.7 Å². The van der Waals surface area contributed by atoms with Crippen molar-refractivity contribution in [3.8, 4) is 5.75 Å². The van der Waals surface area contributed by atoms with Crippen LogP contribution in [0.1, 0.15) is 15.9 Å². The summed E-state index contributed by atoms with van der Waals surface area (Å²) in [4.78, 5) is 16.2. The predicted molar refractivity (Wildman–Crippen MR) is 81.3 cm³/mol. The van der Waals surface area contributed by atoms with Gasteiger partial charge in [0, 0.05) is 6.20 Å². The Morgan fingerprint density at radius 3 is 2.59 bits per heavy atom. The summed E-state index contributed by atoms with van der Waals surface area (Å²) in [5.74, 6) is 0.0473. The maximum Gasteiger partial charge on any atom is 0.260 e. The lowest BCUT2D eigenvalue weighted by molar-refractivity contribution is 0.102. The SMILES string of the molecule is COc1ccc(S(N)(=O)=O)cc1C(=O)Nc1cc(C)ccn1. The molecule has 0 fully saturated rings. The molecule has 1 aromatic carbocycles. The molecule has 8 heteroatoms. The van der Waals surface area contributed by atoms with Crippen molar-refractivity contribution in [3.63, 3.8) is 0 Å². The van der Waals surface area contributed by atoms with Gasteiger partial charge in [-0.25, -0.2) is 18.5 Å². The predicted octanol–water partition coefficient (Wildman–Crippen LogP) is 1.30. The summed E-state index contributed by atoms with van der Waals surface area (Å²) in [6, 6.07) is 7.29. The second-order valence-corrected chi connectivity index (χ2v) is 6.14. The van der Waals surface area contributed by atoms with E-state index in [0.29, 0.717) is 5.82 Å². The number of pyridine rings is 1. The Balaban J connectivity index is 2.39. The van der Waals surface area contributed by atoms with E-state index >= 15 is 0 Å². The van der Waals surface area contributed by atoms with E-state index in [2.05, 4.69) is 10.3 Å². The molecule has 0 spiro atoms. The van der Waals surface area contributed by atoms with Crippen LogP contribution in [0.5, 0.6) is 5.75 Å². The van der Waals surface area contributed by atoms with Gasteiger partial charge < -0.3 is 10.1 Å². The molecule has 0 aliphatic heterocycles. The van der Waals surface area contributed by atoms with Crippen LogP contribution in [0.3, 0.4) is 0 Å². The smallest absolute Gasteiger partial charge is 0.260 e. The van der Waals surface area contributed by atoms with Crippen LogP contribution in [-0.2, 0) is 10.0 Å². The van der Waals surface area contributed by atoms with Crippen LogP contribution in [0.2, 0.25) is 0 Å². The van der Waals surface area contributed by atoms with Crippen molar-refractivity contribution in [1.82, 2.24) is 4.98 Å². The van der Waals surface area contributed by atoms with Gasteiger partial charge in [-0.1, -0.05) is 0 Å². The highest BCUT2D eigenvalue weighted by Crippen LogP contribution is 2.23. The molecule has 3 N–H and O–H groups in total. The van der Waals surface area contributed by atoms with Crippen molar-refractivity contribution >= 4 is 21.7 Å². The van der Waals surface area contributed by atoms with Gasteiger partial charge in [0.05, 0.1) is 17.6 Å². The zero-order valence-corrected chi connectivity index (χ0v) is 12.8. The van der Waals surface area contributed by atoms with Crippen molar-refractivity contribution in [2.75, 3.05) is 12.4 Å². The molecule has 0 radical (unpaired) electrons. The molecule has 2 rings (SSSR count). The number of aromatic nitrogens is 1. The number of methoxy groups -OCH3 is 1. The highest BCUT2D eigenvalue weighted by molar-refractivity contribution is 7.89. The third kappa shape index (κ3) is 3.60. The van der Waals surface area contributed by atoms with Gasteiger partial charge in [-0.3, -0.25) is 4.79 Å². The van der Waals surface area contributed by atoms with Crippen molar-refractivity contribution in [2.24, 2.45) is 5.14 Å². The van der Waals surface area contributed by atoms with Gasteiger partial charge in [-0.15, -0.1) is 0 Å². The van der Waals surface area contributed by atoms with Gasteiger partial charge in [-0.2, -0.15) is 0 Å². The van der Waals surface area contributed by atoms with Crippen LogP contribution in [-0.4, -0.2) is 26.4 Å². The summed E-state index contributed by atoms with van der Waals surface area (Å²) in [7, 11) is -2.53. The second kappa shape index (κ2) is 6.12. The molecule has 2 aromatic rings. The van der Waals surface area contributed by atoms with E-state index in [9.17, 15) is 13.2 Å². The van der Waals surface area contributed by atoms with Crippen molar-refractivity contribution < 1.29 is 17.9 Å². The number of carbonyl (C=O) groups excluding carboxylic acids is 1. The largest absolute Gasteiger partial charge is 0.496 e. The quantitative estimate of drug-likeness (QED) is 0.881. The first-order chi connectivity index (χ1) is 10.3. The van der Waals surface area contributed by atoms with E-state index in [1.54, 1.807) is 18.3 Å². The number of nitrogens with two attached hydrogens (primary N) is 1. The fourth-order valence-electron chi connectivity index (χ4n) is 1.83. The number of primary sulfonamides is 1. The van der Waals surface area contributed by atoms with E-state index < -0.39 is 15.9 Å². The molecule has 0 bridgehead atoms. The van der Waals surface area contributed by atoms with Crippen LogP contribution >= 0.6 is 0 Å². The number of aryl methyl sites for hydroxylation is 1. The average molecular weight is 321 g/mol. The van der Waals surface area contributed by atoms with E-state index in [-0.39, 0.29) is 16.2 Å². The Bertz CT molecular complexity index is 819. The van der Waals surface area contributed by atoms with Gasteiger partial charge in [-0.05, 0) is 42.8 Å². The van der Waals surface area contributed by atoms with Crippen LogP contribution in [0.4, 0.5) is 5.82 Å². The van der Waals surface area contributed by atoms with Gasteiger partial charge in [0.1, 0.15) is 11.6 Å². The number of sulfonamides is 1. The fourth-order valence-corrected chi connectivity index (χ4v) is 2.37. The summed E-state index contributed by atoms with van der Waals surface area (Å²) in [6.07, 6.45) is 1.56. The average Bonchev–Trinajstić information content (AvgIpc) is 2.45. The first-order valence-electron chi connectivity index (χ1n) is 6.26. The van der Waals surface area contributed by atoms with Crippen LogP contribution in [0.25, 0.3) is 0 Å². The van der Waals surface area contributed by atoms with Gasteiger partial charge in [0.25, 0.3) is 5.91 Å². The third-order valence-corrected chi connectivity index (χ3v) is 3.81. The maximum absolute atomic E-state index is 12.3. The molecule has 0 saturated carbocycles. The monoisotopic (exact) mass is 321 g/mol. The van der Waals surface area contributed by atoms with E-state index in [1.165, 1.54) is 25.3 Å². The molecule has 1 heterocycles. The second-order valence-electron chi connectivity index (χ2n) is 4.58. The Labute approximate surface area is 128 Å². The van der Waals surface area contributed by atoms with E-state index in [4.69, 9.17) is 9.88 Å². The molecular weight excluding hydrogens is 306 g/mol. The number of amides is 1. The van der Waals surface area contributed by atoms with Crippen LogP contribution in [0.15, 0.2) is 41.4 Å². The number of anilines is 1. The molecule has 116 valence electrons. The molecule has 1 aromatic heterocycles. The number of ether oxygens (including phenoxy) is 1. The zero-order chi connectivity index (χ0) is 16.3. The molecule has 0 unspecified atom stereocenters. The molecule has 1 amide bonds. The summed E-state index contributed by atoms with van der Waals surface area (Å²) < 4.78 is 27.9.